The summed E-state index contributed by atoms with van der Waals surface area (Å²) in [6.45, 7) is 6.62. The number of carbonyl (C=O) groups excluding carboxylic acids is 1. The first kappa shape index (κ1) is 14.3. The molecule has 0 bridgehead atoms. The number of rotatable bonds is 5. The summed E-state index contributed by atoms with van der Waals surface area (Å²) in [7, 11) is 0. The van der Waals surface area contributed by atoms with Crippen LogP contribution in [0.3, 0.4) is 0 Å². The van der Waals surface area contributed by atoms with Crippen molar-refractivity contribution < 1.29 is 37.5 Å². The quantitative estimate of drug-likeness (QED) is 0.663. The van der Waals surface area contributed by atoms with Gasteiger partial charge in [-0.15, -0.1) is 0 Å². The minimum atomic E-state index is 0. The van der Waals surface area contributed by atoms with Crippen molar-refractivity contribution in [3.8, 4) is 0 Å². The monoisotopic (exact) mass is 230 g/mol. The van der Waals surface area contributed by atoms with Crippen LogP contribution >= 0.6 is 0 Å². The van der Waals surface area contributed by atoms with Gasteiger partial charge in [-0.2, -0.15) is 6.42 Å². The molecule has 0 aliphatic heterocycles. The summed E-state index contributed by atoms with van der Waals surface area (Å²) in [4.78, 5) is 9.90. The van der Waals surface area contributed by atoms with E-state index in [0.717, 1.165) is 12.3 Å². The molecule has 0 aromatic carbocycles. The van der Waals surface area contributed by atoms with Crippen LogP contribution in [-0.2, 0) is 37.5 Å². The van der Waals surface area contributed by atoms with Gasteiger partial charge in [0.25, 0.3) is 0 Å². The van der Waals surface area contributed by atoms with Gasteiger partial charge < -0.3 is 4.79 Å². The van der Waals surface area contributed by atoms with Crippen LogP contribution in [0.4, 0.5) is 0 Å². The largest absolute Gasteiger partial charge is 0.542 e. The normalized spacial score (nSPS) is 14.8. The van der Waals surface area contributed by atoms with E-state index in [1.54, 1.807) is 0 Å². The minimum Gasteiger partial charge on any atom is -0.542 e. The zero-order valence-electron chi connectivity index (χ0n) is 7.76. The molecule has 0 amide bonds. The maximum atomic E-state index is 9.90. The number of hydrogen-bond acceptors (Lipinski definition) is 1. The van der Waals surface area contributed by atoms with Crippen LogP contribution in [0.5, 0.6) is 0 Å². The second-order valence-electron chi connectivity index (χ2n) is 3.05. The molecule has 0 saturated heterocycles. The Balaban J connectivity index is 0. The summed E-state index contributed by atoms with van der Waals surface area (Å²) in [6.07, 6.45) is 4.74. The predicted molar refractivity (Wildman–Crippen MR) is 43.5 cm³/mol. The molecule has 0 N–H and O–H groups in total. The van der Waals surface area contributed by atoms with Gasteiger partial charge in [0.05, 0.1) is 0 Å². The van der Waals surface area contributed by atoms with Crippen molar-refractivity contribution in [2.24, 2.45) is 11.8 Å². The smallest absolute Gasteiger partial charge is 0 e. The van der Waals surface area contributed by atoms with Gasteiger partial charge >= 0.3 is 0 Å². The van der Waals surface area contributed by atoms with Crippen molar-refractivity contribution in [3.63, 3.8) is 0 Å². The summed E-state index contributed by atoms with van der Waals surface area (Å²) in [5, 5.41) is 0. The van der Waals surface area contributed by atoms with Crippen molar-refractivity contribution in [2.45, 2.75) is 40.0 Å². The molecule has 0 heterocycles. The van der Waals surface area contributed by atoms with E-state index in [1.807, 2.05) is 6.29 Å². The van der Waals surface area contributed by atoms with Gasteiger partial charge in [-0.3, -0.25) is 6.29 Å². The molecule has 0 spiro atoms. The molecule has 0 saturated carbocycles. The summed E-state index contributed by atoms with van der Waals surface area (Å²) in [5.74, 6) is 1.42. The van der Waals surface area contributed by atoms with Crippen LogP contribution in [0.2, 0.25) is 0 Å². The van der Waals surface area contributed by atoms with Gasteiger partial charge in [0.15, 0.2) is 0 Å². The zero-order chi connectivity index (χ0) is 7.98. The fourth-order valence-corrected chi connectivity index (χ4v) is 0.973. The molecule has 0 aromatic rings. The molecule has 1 nitrogen and oxygen atoms in total. The van der Waals surface area contributed by atoms with E-state index in [2.05, 4.69) is 20.8 Å². The second-order valence-corrected chi connectivity index (χ2v) is 3.05. The molecule has 2 heteroatoms. The first-order chi connectivity index (χ1) is 4.72. The Labute approximate surface area is 95.2 Å². The molecular weight excluding hydrogens is 213 g/mol. The van der Waals surface area contributed by atoms with E-state index >= 15 is 0 Å². The van der Waals surface area contributed by atoms with Crippen LogP contribution in [0, 0.1) is 11.8 Å². The van der Waals surface area contributed by atoms with E-state index in [9.17, 15) is 4.79 Å². The fraction of sp³-hybridized carbons (Fsp3) is 0.889. The van der Waals surface area contributed by atoms with Crippen LogP contribution in [0.25, 0.3) is 0 Å². The van der Waals surface area contributed by atoms with E-state index < -0.39 is 0 Å². The molecule has 2 unspecified atom stereocenters. The molecule has 0 aliphatic rings. The van der Waals surface area contributed by atoms with Crippen LogP contribution in [-0.4, -0.2) is 6.29 Å². The van der Waals surface area contributed by atoms with Crippen molar-refractivity contribution in [1.29, 1.82) is 0 Å². The Kier molecular flexibility index (Phi) is 11.5. The van der Waals surface area contributed by atoms with Crippen molar-refractivity contribution >= 4 is 6.29 Å². The summed E-state index contributed by atoms with van der Waals surface area (Å²) in [6, 6.07) is 0. The Morgan fingerprint density at radius 3 is 2.18 bits per heavy atom. The Hall–Kier alpha value is 0.774. The van der Waals surface area contributed by atoms with Crippen LogP contribution < -0.4 is 0 Å². The van der Waals surface area contributed by atoms with Crippen molar-refractivity contribution in [3.05, 3.63) is 0 Å². The van der Waals surface area contributed by atoms with E-state index in [0.29, 0.717) is 12.3 Å². The summed E-state index contributed by atoms with van der Waals surface area (Å²) < 4.78 is 0. The average Bonchev–Trinajstić information content (AvgIpc) is 1.98. The minimum absolute atomic E-state index is 0. The third kappa shape index (κ3) is 7.15. The topological polar surface area (TPSA) is 17.1 Å². The number of hydrogen-bond donors (Lipinski definition) is 0. The molecule has 0 fully saturated rings. The van der Waals surface area contributed by atoms with Gasteiger partial charge in [-0.25, -0.2) is 0 Å². The molecule has 0 aliphatic carbocycles. The molecule has 0 rings (SSSR count). The molecule has 11 heavy (non-hydrogen) atoms. The van der Waals surface area contributed by atoms with Gasteiger partial charge in [-0.05, 0) is 11.8 Å². The van der Waals surface area contributed by atoms with Gasteiger partial charge in [0.1, 0.15) is 0 Å². The van der Waals surface area contributed by atoms with E-state index in [1.165, 1.54) is 6.42 Å². The van der Waals surface area contributed by atoms with Crippen molar-refractivity contribution in [1.82, 2.24) is 0 Å². The van der Waals surface area contributed by atoms with E-state index in [-0.39, 0.29) is 32.7 Å². The van der Waals surface area contributed by atoms with E-state index in [4.69, 9.17) is 0 Å². The molecule has 1 radical (unpaired) electrons. The maximum Gasteiger partial charge on any atom is 0 e. The molecule has 0 aromatic heterocycles. The Morgan fingerprint density at radius 1 is 1.27 bits per heavy atom. The van der Waals surface area contributed by atoms with Crippen LogP contribution in [0.1, 0.15) is 40.0 Å². The summed E-state index contributed by atoms with van der Waals surface area (Å²) >= 11 is 0. The second kappa shape index (κ2) is 8.87. The molecular formula is C9H17OY-. The SMILES string of the molecule is CCC(C)C(C)CC[C-]=O.[Y]. The molecule has 2 atom stereocenters. The maximum absolute atomic E-state index is 9.90. The Morgan fingerprint density at radius 2 is 1.82 bits per heavy atom. The van der Waals surface area contributed by atoms with Crippen LogP contribution in [0.15, 0.2) is 0 Å². The van der Waals surface area contributed by atoms with Crippen molar-refractivity contribution in [2.75, 3.05) is 0 Å². The molecule has 63 valence electrons. The average molecular weight is 230 g/mol. The zero-order valence-corrected chi connectivity index (χ0v) is 10.6. The summed E-state index contributed by atoms with van der Waals surface area (Å²) in [5.41, 5.74) is 0. The fourth-order valence-electron chi connectivity index (χ4n) is 0.973. The Bertz CT molecular complexity index is 93.6. The van der Waals surface area contributed by atoms with Gasteiger partial charge in [-0.1, -0.05) is 33.6 Å². The first-order valence-electron chi connectivity index (χ1n) is 4.07. The third-order valence-electron chi connectivity index (χ3n) is 2.32. The standard InChI is InChI=1S/C9H17O.Y/c1-4-8(2)9(3)6-5-7-10;/h8-9H,4-6H2,1-3H3;/q-1;. The van der Waals surface area contributed by atoms with Gasteiger partial charge in [0, 0.05) is 32.7 Å². The van der Waals surface area contributed by atoms with Gasteiger partial charge in [0.2, 0.25) is 0 Å². The third-order valence-corrected chi connectivity index (χ3v) is 2.32. The predicted octanol–water partition coefficient (Wildman–Crippen LogP) is 2.56. The first-order valence-corrected chi connectivity index (χ1v) is 4.07.